The number of rotatable bonds is 6. The van der Waals surface area contributed by atoms with Crippen molar-refractivity contribution in [3.05, 3.63) is 16.1 Å². The second-order valence-corrected chi connectivity index (χ2v) is 6.44. The van der Waals surface area contributed by atoms with Crippen LogP contribution in [-0.2, 0) is 16.7 Å². The Bertz CT molecular complexity index is 330. The minimum absolute atomic E-state index is 0.159. The topological polar surface area (TPSA) is 34.1 Å². The predicted molar refractivity (Wildman–Crippen MR) is 73.6 cm³/mol. The molecule has 0 spiro atoms. The van der Waals surface area contributed by atoms with Crippen LogP contribution in [0.25, 0.3) is 0 Å². The molecular formula is C13H24N2OS. The van der Waals surface area contributed by atoms with Crippen LogP contribution in [0.1, 0.15) is 38.4 Å². The lowest BCUT2D eigenvalue weighted by molar-refractivity contribution is 0.158. The fraction of sp³-hybridized carbons (Fsp3) is 0.769. The van der Waals surface area contributed by atoms with Gasteiger partial charge < -0.3 is 10.1 Å². The summed E-state index contributed by atoms with van der Waals surface area (Å²) in [6, 6.07) is 0. The molecule has 1 N–H and O–H groups in total. The molecule has 98 valence electrons. The fourth-order valence-corrected chi connectivity index (χ4v) is 2.43. The number of methoxy groups -OCH3 is 1. The first-order valence-corrected chi connectivity index (χ1v) is 6.96. The fourth-order valence-electron chi connectivity index (χ4n) is 1.52. The summed E-state index contributed by atoms with van der Waals surface area (Å²) >= 11 is 1.75. The summed E-state index contributed by atoms with van der Waals surface area (Å²) in [5, 5.41) is 6.77. The minimum atomic E-state index is 0.159. The van der Waals surface area contributed by atoms with Crippen LogP contribution in [0.5, 0.6) is 0 Å². The van der Waals surface area contributed by atoms with Crippen molar-refractivity contribution in [2.24, 2.45) is 5.92 Å². The lowest BCUT2D eigenvalue weighted by Crippen LogP contribution is -2.23. The Morgan fingerprint density at radius 2 is 2.18 bits per heavy atom. The Morgan fingerprint density at radius 1 is 1.47 bits per heavy atom. The number of thiazole rings is 1. The molecule has 0 aliphatic heterocycles. The van der Waals surface area contributed by atoms with Gasteiger partial charge in [-0.05, 0) is 5.92 Å². The zero-order valence-corrected chi connectivity index (χ0v) is 12.4. The van der Waals surface area contributed by atoms with E-state index in [-0.39, 0.29) is 5.41 Å². The van der Waals surface area contributed by atoms with E-state index in [4.69, 9.17) is 4.74 Å². The van der Waals surface area contributed by atoms with E-state index in [1.54, 1.807) is 18.4 Å². The molecule has 0 amide bonds. The van der Waals surface area contributed by atoms with Gasteiger partial charge >= 0.3 is 0 Å². The van der Waals surface area contributed by atoms with Gasteiger partial charge in [0.1, 0.15) is 0 Å². The maximum Gasteiger partial charge on any atom is 0.0982 e. The van der Waals surface area contributed by atoms with E-state index in [9.17, 15) is 0 Å². The van der Waals surface area contributed by atoms with Crippen LogP contribution >= 0.6 is 11.3 Å². The average molecular weight is 256 g/mol. The molecule has 0 fully saturated rings. The zero-order valence-electron chi connectivity index (χ0n) is 11.5. The molecule has 0 saturated heterocycles. The number of nitrogens with one attached hydrogen (secondary N) is 1. The normalized spacial score (nSPS) is 13.9. The van der Waals surface area contributed by atoms with Crippen LogP contribution in [0.3, 0.4) is 0 Å². The van der Waals surface area contributed by atoms with Gasteiger partial charge in [0.2, 0.25) is 0 Å². The van der Waals surface area contributed by atoms with Crippen LogP contribution in [0, 0.1) is 5.92 Å². The van der Waals surface area contributed by atoms with Crippen LogP contribution in [0.4, 0.5) is 0 Å². The highest BCUT2D eigenvalue weighted by atomic mass is 32.1. The van der Waals surface area contributed by atoms with Crippen molar-refractivity contribution in [1.29, 1.82) is 0 Å². The molecule has 0 aliphatic carbocycles. The van der Waals surface area contributed by atoms with Crippen molar-refractivity contribution in [2.45, 2.75) is 39.7 Å². The quantitative estimate of drug-likeness (QED) is 0.850. The third-order valence-corrected chi connectivity index (χ3v) is 3.76. The van der Waals surface area contributed by atoms with E-state index in [0.717, 1.165) is 25.4 Å². The summed E-state index contributed by atoms with van der Waals surface area (Å²) in [7, 11) is 1.74. The van der Waals surface area contributed by atoms with Gasteiger partial charge in [-0.2, -0.15) is 0 Å². The van der Waals surface area contributed by atoms with Gasteiger partial charge in [-0.25, -0.2) is 4.98 Å². The first-order chi connectivity index (χ1) is 7.93. The molecule has 0 radical (unpaired) electrons. The van der Waals surface area contributed by atoms with Crippen molar-refractivity contribution >= 4 is 11.3 Å². The third-order valence-electron chi connectivity index (χ3n) is 2.44. The van der Waals surface area contributed by atoms with E-state index in [2.05, 4.69) is 43.4 Å². The molecule has 1 rings (SSSR count). The molecule has 3 nitrogen and oxygen atoms in total. The lowest BCUT2D eigenvalue weighted by Gasteiger charge is -2.13. The molecule has 1 aromatic rings. The third kappa shape index (κ3) is 5.15. The van der Waals surface area contributed by atoms with E-state index < -0.39 is 0 Å². The number of hydrogen-bond acceptors (Lipinski definition) is 4. The van der Waals surface area contributed by atoms with Gasteiger partial charge in [0.05, 0.1) is 10.7 Å². The number of nitrogens with zero attached hydrogens (tertiary/aromatic N) is 1. The Kier molecular flexibility index (Phi) is 5.56. The second kappa shape index (κ2) is 6.47. The van der Waals surface area contributed by atoms with E-state index in [1.165, 1.54) is 5.01 Å². The van der Waals surface area contributed by atoms with E-state index in [1.807, 2.05) is 0 Å². The van der Waals surface area contributed by atoms with Crippen LogP contribution in [0.2, 0.25) is 0 Å². The Labute approximate surface area is 109 Å². The maximum atomic E-state index is 5.10. The Balaban J connectivity index is 2.35. The zero-order chi connectivity index (χ0) is 12.9. The summed E-state index contributed by atoms with van der Waals surface area (Å²) < 4.78 is 5.10. The van der Waals surface area contributed by atoms with Gasteiger partial charge in [-0.3, -0.25) is 0 Å². The molecule has 1 aromatic heterocycles. The first-order valence-electron chi connectivity index (χ1n) is 6.08. The van der Waals surface area contributed by atoms with Crippen LogP contribution in [-0.4, -0.2) is 25.2 Å². The highest BCUT2D eigenvalue weighted by molar-refractivity contribution is 7.09. The minimum Gasteiger partial charge on any atom is -0.384 e. The van der Waals surface area contributed by atoms with Crippen molar-refractivity contribution in [3.63, 3.8) is 0 Å². The second-order valence-electron chi connectivity index (χ2n) is 5.59. The van der Waals surface area contributed by atoms with Crippen molar-refractivity contribution in [1.82, 2.24) is 10.3 Å². The van der Waals surface area contributed by atoms with Gasteiger partial charge in [0.15, 0.2) is 0 Å². The van der Waals surface area contributed by atoms with Gasteiger partial charge in [0.25, 0.3) is 0 Å². The summed E-state index contributed by atoms with van der Waals surface area (Å²) in [6.07, 6.45) is 0. The lowest BCUT2D eigenvalue weighted by atomic mass is 9.98. The summed E-state index contributed by atoms with van der Waals surface area (Å²) in [5.41, 5.74) is 1.30. The molecule has 0 saturated carbocycles. The molecule has 0 aromatic carbocycles. The first kappa shape index (κ1) is 14.6. The summed E-state index contributed by atoms with van der Waals surface area (Å²) in [5.74, 6) is 0.542. The highest BCUT2D eigenvalue weighted by Crippen LogP contribution is 2.25. The largest absolute Gasteiger partial charge is 0.384 e. The van der Waals surface area contributed by atoms with Crippen LogP contribution in [0.15, 0.2) is 5.38 Å². The number of ether oxygens (including phenoxy) is 1. The predicted octanol–water partition coefficient (Wildman–Crippen LogP) is 2.81. The Morgan fingerprint density at radius 3 is 2.71 bits per heavy atom. The highest BCUT2D eigenvalue weighted by Gasteiger charge is 2.17. The molecule has 17 heavy (non-hydrogen) atoms. The van der Waals surface area contributed by atoms with Gasteiger partial charge in [-0.15, -0.1) is 11.3 Å². The van der Waals surface area contributed by atoms with Gasteiger partial charge in [0, 0.05) is 37.6 Å². The number of hydrogen-bond donors (Lipinski definition) is 1. The molecule has 1 heterocycles. The molecule has 0 aliphatic rings. The Hall–Kier alpha value is -0.450. The molecule has 4 heteroatoms. The average Bonchev–Trinajstić information content (AvgIpc) is 2.66. The summed E-state index contributed by atoms with van der Waals surface area (Å²) in [6.45, 7) is 11.4. The van der Waals surface area contributed by atoms with Gasteiger partial charge in [-0.1, -0.05) is 27.7 Å². The van der Waals surface area contributed by atoms with E-state index in [0.29, 0.717) is 5.92 Å². The standard InChI is InChI=1S/C13H24N2OS/c1-10(8-16-5)6-14-7-11-9-17-12(15-11)13(2,3)4/h9-10,14H,6-8H2,1-5H3. The SMILES string of the molecule is COCC(C)CNCc1csc(C(C)(C)C)n1. The monoisotopic (exact) mass is 256 g/mol. The van der Waals surface area contributed by atoms with Crippen molar-refractivity contribution in [3.8, 4) is 0 Å². The van der Waals surface area contributed by atoms with Crippen molar-refractivity contribution in [2.75, 3.05) is 20.3 Å². The smallest absolute Gasteiger partial charge is 0.0982 e. The van der Waals surface area contributed by atoms with E-state index >= 15 is 0 Å². The molecule has 1 atom stereocenters. The molecule has 1 unspecified atom stereocenters. The van der Waals surface area contributed by atoms with Crippen LogP contribution < -0.4 is 5.32 Å². The molecule has 0 bridgehead atoms. The maximum absolute atomic E-state index is 5.10. The summed E-state index contributed by atoms with van der Waals surface area (Å²) in [4.78, 5) is 4.65. The number of aromatic nitrogens is 1. The van der Waals surface area contributed by atoms with Crippen molar-refractivity contribution < 1.29 is 4.74 Å². The molecular weight excluding hydrogens is 232 g/mol.